The number of rotatable bonds is 2. The van der Waals surface area contributed by atoms with E-state index in [0.29, 0.717) is 6.54 Å². The summed E-state index contributed by atoms with van der Waals surface area (Å²) in [7, 11) is 0. The van der Waals surface area contributed by atoms with Gasteiger partial charge in [0, 0.05) is 11.4 Å². The van der Waals surface area contributed by atoms with Crippen LogP contribution in [0.25, 0.3) is 10.9 Å². The van der Waals surface area contributed by atoms with E-state index in [1.165, 1.54) is 12.1 Å². The standard InChI is InChI=1S/C10H12FN3/c1-7(12)6-14-10-3-2-9(11)4-8(10)5-13-14/h2-5,7H,6,12H2,1H3/t7-/m1/s1. The van der Waals surface area contributed by atoms with Crippen molar-refractivity contribution >= 4 is 10.9 Å². The number of aromatic nitrogens is 2. The first-order valence-electron chi connectivity index (χ1n) is 4.53. The summed E-state index contributed by atoms with van der Waals surface area (Å²) in [6, 6.07) is 4.67. The Kier molecular flexibility index (Phi) is 2.21. The number of nitrogens with two attached hydrogens (primary N) is 1. The molecule has 0 aliphatic rings. The Morgan fingerprint density at radius 2 is 2.36 bits per heavy atom. The molecule has 0 aliphatic carbocycles. The first-order chi connectivity index (χ1) is 6.66. The van der Waals surface area contributed by atoms with Crippen LogP contribution in [0.4, 0.5) is 4.39 Å². The molecule has 4 heteroatoms. The lowest BCUT2D eigenvalue weighted by Crippen LogP contribution is -2.22. The predicted octanol–water partition coefficient (Wildman–Crippen LogP) is 1.52. The average molecular weight is 193 g/mol. The summed E-state index contributed by atoms with van der Waals surface area (Å²) in [5.41, 5.74) is 6.59. The van der Waals surface area contributed by atoms with Crippen molar-refractivity contribution in [3.8, 4) is 0 Å². The van der Waals surface area contributed by atoms with Gasteiger partial charge >= 0.3 is 0 Å². The number of hydrogen-bond acceptors (Lipinski definition) is 2. The van der Waals surface area contributed by atoms with Crippen molar-refractivity contribution in [2.24, 2.45) is 5.73 Å². The number of benzene rings is 1. The van der Waals surface area contributed by atoms with E-state index in [9.17, 15) is 4.39 Å². The fourth-order valence-electron chi connectivity index (χ4n) is 1.48. The molecule has 2 aromatic rings. The molecule has 0 amide bonds. The Morgan fingerprint density at radius 3 is 3.07 bits per heavy atom. The summed E-state index contributed by atoms with van der Waals surface area (Å²) in [5.74, 6) is -0.238. The van der Waals surface area contributed by atoms with Gasteiger partial charge < -0.3 is 5.73 Å². The molecule has 1 heterocycles. The third kappa shape index (κ3) is 1.61. The van der Waals surface area contributed by atoms with E-state index >= 15 is 0 Å². The molecule has 74 valence electrons. The Hall–Kier alpha value is -1.42. The van der Waals surface area contributed by atoms with Crippen LogP contribution in [0.15, 0.2) is 24.4 Å². The summed E-state index contributed by atoms with van der Waals surface area (Å²) in [6.07, 6.45) is 1.65. The molecule has 1 aromatic carbocycles. The second-order valence-corrected chi connectivity index (χ2v) is 3.51. The zero-order valence-electron chi connectivity index (χ0n) is 7.94. The highest BCUT2D eigenvalue weighted by atomic mass is 19.1. The van der Waals surface area contributed by atoms with E-state index in [1.807, 2.05) is 6.92 Å². The number of fused-ring (bicyclic) bond motifs is 1. The van der Waals surface area contributed by atoms with E-state index in [-0.39, 0.29) is 11.9 Å². The van der Waals surface area contributed by atoms with Crippen molar-refractivity contribution in [3.63, 3.8) is 0 Å². The van der Waals surface area contributed by atoms with Crippen molar-refractivity contribution in [1.29, 1.82) is 0 Å². The summed E-state index contributed by atoms with van der Waals surface area (Å²) >= 11 is 0. The first-order valence-corrected chi connectivity index (χ1v) is 4.53. The zero-order valence-corrected chi connectivity index (χ0v) is 7.94. The molecule has 14 heavy (non-hydrogen) atoms. The first kappa shape index (κ1) is 9.15. The maximum absolute atomic E-state index is 12.8. The van der Waals surface area contributed by atoms with E-state index in [0.717, 1.165) is 10.9 Å². The van der Waals surface area contributed by atoms with Gasteiger partial charge in [0.25, 0.3) is 0 Å². The molecule has 0 unspecified atom stereocenters. The maximum Gasteiger partial charge on any atom is 0.124 e. The zero-order chi connectivity index (χ0) is 10.1. The normalized spacial score (nSPS) is 13.4. The fourth-order valence-corrected chi connectivity index (χ4v) is 1.48. The molecule has 0 bridgehead atoms. The van der Waals surface area contributed by atoms with Crippen LogP contribution in [0.5, 0.6) is 0 Å². The molecule has 0 spiro atoms. The smallest absolute Gasteiger partial charge is 0.124 e. The summed E-state index contributed by atoms with van der Waals surface area (Å²) in [4.78, 5) is 0. The second-order valence-electron chi connectivity index (χ2n) is 3.51. The van der Waals surface area contributed by atoms with Gasteiger partial charge in [-0.25, -0.2) is 4.39 Å². The molecule has 0 fully saturated rings. The van der Waals surface area contributed by atoms with Crippen LogP contribution in [-0.4, -0.2) is 15.8 Å². The Balaban J connectivity index is 2.47. The second kappa shape index (κ2) is 3.38. The molecular weight excluding hydrogens is 181 g/mol. The lowest BCUT2D eigenvalue weighted by Gasteiger charge is -2.06. The maximum atomic E-state index is 12.8. The molecule has 2 N–H and O–H groups in total. The highest BCUT2D eigenvalue weighted by Gasteiger charge is 2.04. The van der Waals surface area contributed by atoms with Crippen molar-refractivity contribution in [1.82, 2.24) is 9.78 Å². The van der Waals surface area contributed by atoms with E-state index in [2.05, 4.69) is 5.10 Å². The minimum absolute atomic E-state index is 0.0446. The van der Waals surface area contributed by atoms with Gasteiger partial charge in [0.2, 0.25) is 0 Å². The minimum Gasteiger partial charge on any atom is -0.326 e. The van der Waals surface area contributed by atoms with Gasteiger partial charge in [0.1, 0.15) is 5.82 Å². The highest BCUT2D eigenvalue weighted by molar-refractivity contribution is 5.78. The Bertz CT molecular complexity index is 448. The minimum atomic E-state index is -0.238. The van der Waals surface area contributed by atoms with Crippen LogP contribution in [-0.2, 0) is 6.54 Å². The SMILES string of the molecule is C[C@@H](N)Cn1ncc2cc(F)ccc21. The lowest BCUT2D eigenvalue weighted by molar-refractivity contribution is 0.553. The topological polar surface area (TPSA) is 43.8 Å². The fraction of sp³-hybridized carbons (Fsp3) is 0.300. The molecule has 1 atom stereocenters. The largest absolute Gasteiger partial charge is 0.326 e. The van der Waals surface area contributed by atoms with Gasteiger partial charge in [0.15, 0.2) is 0 Å². The molecule has 2 rings (SSSR count). The van der Waals surface area contributed by atoms with E-state index < -0.39 is 0 Å². The molecule has 1 aromatic heterocycles. The van der Waals surface area contributed by atoms with Crippen LogP contribution < -0.4 is 5.73 Å². The Labute approximate surface area is 81.3 Å². The number of nitrogens with zero attached hydrogens (tertiary/aromatic N) is 2. The van der Waals surface area contributed by atoms with Gasteiger partial charge in [-0.1, -0.05) is 0 Å². The van der Waals surface area contributed by atoms with E-state index in [1.54, 1.807) is 16.9 Å². The van der Waals surface area contributed by atoms with Crippen LogP contribution >= 0.6 is 0 Å². The molecule has 3 nitrogen and oxygen atoms in total. The number of halogens is 1. The van der Waals surface area contributed by atoms with Gasteiger partial charge in [-0.05, 0) is 25.1 Å². The summed E-state index contributed by atoms with van der Waals surface area (Å²) in [6.45, 7) is 2.56. The lowest BCUT2D eigenvalue weighted by atomic mass is 10.2. The van der Waals surface area contributed by atoms with Gasteiger partial charge in [-0.3, -0.25) is 4.68 Å². The monoisotopic (exact) mass is 193 g/mol. The third-order valence-electron chi connectivity index (χ3n) is 2.06. The highest BCUT2D eigenvalue weighted by Crippen LogP contribution is 2.14. The molecular formula is C10H12FN3. The Morgan fingerprint density at radius 1 is 1.57 bits per heavy atom. The van der Waals surface area contributed by atoms with Gasteiger partial charge in [-0.15, -0.1) is 0 Å². The number of hydrogen-bond donors (Lipinski definition) is 1. The quantitative estimate of drug-likeness (QED) is 0.785. The van der Waals surface area contributed by atoms with Gasteiger partial charge in [-0.2, -0.15) is 5.10 Å². The molecule has 0 saturated heterocycles. The molecule has 0 saturated carbocycles. The van der Waals surface area contributed by atoms with Crippen molar-refractivity contribution in [3.05, 3.63) is 30.2 Å². The van der Waals surface area contributed by atoms with Crippen LogP contribution in [0, 0.1) is 5.82 Å². The van der Waals surface area contributed by atoms with Crippen molar-refractivity contribution in [2.75, 3.05) is 0 Å². The average Bonchev–Trinajstić information content (AvgIpc) is 2.47. The molecule has 0 radical (unpaired) electrons. The summed E-state index contributed by atoms with van der Waals surface area (Å²) in [5, 5.41) is 4.96. The third-order valence-corrected chi connectivity index (χ3v) is 2.06. The van der Waals surface area contributed by atoms with Gasteiger partial charge in [0.05, 0.1) is 18.3 Å². The van der Waals surface area contributed by atoms with Crippen LogP contribution in [0.2, 0.25) is 0 Å². The van der Waals surface area contributed by atoms with Crippen LogP contribution in [0.3, 0.4) is 0 Å². The summed E-state index contributed by atoms with van der Waals surface area (Å²) < 4.78 is 14.6. The van der Waals surface area contributed by atoms with Crippen molar-refractivity contribution in [2.45, 2.75) is 19.5 Å². The van der Waals surface area contributed by atoms with Crippen LogP contribution in [0.1, 0.15) is 6.92 Å². The molecule has 0 aliphatic heterocycles. The predicted molar refractivity (Wildman–Crippen MR) is 53.3 cm³/mol. The van der Waals surface area contributed by atoms with E-state index in [4.69, 9.17) is 5.73 Å². The van der Waals surface area contributed by atoms with Crippen molar-refractivity contribution < 1.29 is 4.39 Å².